The maximum Gasteiger partial charge on any atom is 0.337 e. The molecule has 28 heavy (non-hydrogen) atoms. The van der Waals surface area contributed by atoms with Crippen molar-refractivity contribution in [2.45, 2.75) is 38.5 Å². The Morgan fingerprint density at radius 1 is 0.964 bits per heavy atom. The Hall–Kier alpha value is -1.92. The van der Waals surface area contributed by atoms with E-state index in [1.807, 2.05) is 0 Å². The molecule has 0 atom stereocenters. The lowest BCUT2D eigenvalue weighted by Crippen LogP contribution is -2.37. The van der Waals surface area contributed by atoms with Crippen molar-refractivity contribution in [3.8, 4) is 0 Å². The van der Waals surface area contributed by atoms with E-state index in [0.29, 0.717) is 17.8 Å². The van der Waals surface area contributed by atoms with Gasteiger partial charge in [0.05, 0.1) is 19.2 Å². The van der Waals surface area contributed by atoms with Gasteiger partial charge in [0.15, 0.2) is 0 Å². The minimum atomic E-state index is -0.375. The van der Waals surface area contributed by atoms with Crippen LogP contribution >= 0.6 is 0 Å². The molecule has 1 saturated heterocycles. The minimum absolute atomic E-state index is 0.00783. The maximum absolute atomic E-state index is 12.4. The van der Waals surface area contributed by atoms with E-state index in [4.69, 9.17) is 0 Å². The van der Waals surface area contributed by atoms with Crippen molar-refractivity contribution in [2.75, 3.05) is 51.7 Å². The first-order valence-corrected chi connectivity index (χ1v) is 10.6. The molecule has 1 aliphatic carbocycles. The maximum atomic E-state index is 12.4. The largest absolute Gasteiger partial charge is 0.465 e. The molecule has 0 radical (unpaired) electrons. The van der Waals surface area contributed by atoms with Crippen molar-refractivity contribution in [3.63, 3.8) is 0 Å². The molecule has 1 saturated carbocycles. The summed E-state index contributed by atoms with van der Waals surface area (Å²) in [5.41, 5.74) is 1.18. The van der Waals surface area contributed by atoms with E-state index in [-0.39, 0.29) is 11.9 Å². The van der Waals surface area contributed by atoms with Crippen molar-refractivity contribution >= 4 is 17.6 Å². The van der Waals surface area contributed by atoms with Crippen LogP contribution in [0, 0.1) is 5.92 Å². The first-order valence-electron chi connectivity index (χ1n) is 10.6. The number of carbonyl (C=O) groups excluding carboxylic acids is 2. The second kappa shape index (κ2) is 10.6. The molecule has 1 aromatic rings. The molecule has 1 N–H and O–H groups in total. The van der Waals surface area contributed by atoms with E-state index in [0.717, 1.165) is 38.5 Å². The smallest absolute Gasteiger partial charge is 0.337 e. The summed E-state index contributed by atoms with van der Waals surface area (Å²) in [7, 11) is 1.36. The highest BCUT2D eigenvalue weighted by Crippen LogP contribution is 2.24. The van der Waals surface area contributed by atoms with Crippen LogP contribution < -0.4 is 5.32 Å². The van der Waals surface area contributed by atoms with Gasteiger partial charge in [-0.1, -0.05) is 19.3 Å². The fourth-order valence-electron chi connectivity index (χ4n) is 4.31. The molecule has 2 fully saturated rings. The van der Waals surface area contributed by atoms with Gasteiger partial charge in [-0.15, -0.1) is 0 Å². The van der Waals surface area contributed by atoms with Crippen molar-refractivity contribution in [3.05, 3.63) is 29.8 Å². The zero-order valence-corrected chi connectivity index (χ0v) is 17.0. The van der Waals surface area contributed by atoms with Crippen LogP contribution in [0.4, 0.5) is 5.69 Å². The number of nitrogens with one attached hydrogen (secondary N) is 1. The molecule has 1 aromatic carbocycles. The van der Waals surface area contributed by atoms with Crippen LogP contribution in [0.2, 0.25) is 0 Å². The third kappa shape index (κ3) is 6.31. The molecule has 1 amide bonds. The molecular weight excluding hydrogens is 354 g/mol. The Morgan fingerprint density at radius 3 is 2.36 bits per heavy atom. The van der Waals surface area contributed by atoms with Gasteiger partial charge in [0.2, 0.25) is 5.91 Å². The molecule has 0 bridgehead atoms. The Balaban J connectivity index is 1.42. The molecule has 2 aliphatic rings. The first-order chi connectivity index (χ1) is 13.6. The van der Waals surface area contributed by atoms with E-state index in [9.17, 15) is 9.59 Å². The highest BCUT2D eigenvalue weighted by atomic mass is 16.5. The Kier molecular flexibility index (Phi) is 7.86. The third-order valence-corrected chi connectivity index (χ3v) is 5.88. The molecule has 1 heterocycles. The summed E-state index contributed by atoms with van der Waals surface area (Å²) >= 11 is 0. The second-order valence-corrected chi connectivity index (χ2v) is 8.05. The predicted octanol–water partition coefficient (Wildman–Crippen LogP) is 3.00. The number of hydrogen-bond acceptors (Lipinski definition) is 5. The van der Waals surface area contributed by atoms with Crippen molar-refractivity contribution in [2.24, 2.45) is 5.92 Å². The Morgan fingerprint density at radius 2 is 1.64 bits per heavy atom. The lowest BCUT2D eigenvalue weighted by molar-refractivity contribution is -0.117. The van der Waals surface area contributed by atoms with E-state index in [1.54, 1.807) is 24.3 Å². The molecule has 0 unspecified atom stereocenters. The molecule has 154 valence electrons. The van der Waals surface area contributed by atoms with Gasteiger partial charge in [0.1, 0.15) is 0 Å². The van der Waals surface area contributed by atoms with Crippen LogP contribution in [-0.2, 0) is 9.53 Å². The zero-order chi connectivity index (χ0) is 19.8. The molecule has 0 aromatic heterocycles. The standard InChI is InChI=1S/C22H33N3O3/c1-28-22(27)19-8-10-20(11-9-19)23-21(26)17-25-13-5-12-24(14-15-25)16-18-6-3-2-4-7-18/h8-11,18H,2-7,12-17H2,1H3,(H,23,26). The monoisotopic (exact) mass is 387 g/mol. The molecule has 3 rings (SSSR count). The summed E-state index contributed by atoms with van der Waals surface area (Å²) in [6, 6.07) is 6.80. The lowest BCUT2D eigenvalue weighted by atomic mass is 9.89. The fourth-order valence-corrected chi connectivity index (χ4v) is 4.31. The lowest BCUT2D eigenvalue weighted by Gasteiger charge is -2.28. The van der Waals surface area contributed by atoms with E-state index < -0.39 is 0 Å². The van der Waals surface area contributed by atoms with Gasteiger partial charge in [0.25, 0.3) is 0 Å². The van der Waals surface area contributed by atoms with Crippen LogP contribution in [0.15, 0.2) is 24.3 Å². The number of methoxy groups -OCH3 is 1. The third-order valence-electron chi connectivity index (χ3n) is 5.88. The van der Waals surface area contributed by atoms with Gasteiger partial charge >= 0.3 is 5.97 Å². The van der Waals surface area contributed by atoms with Crippen LogP contribution in [-0.4, -0.2) is 68.1 Å². The van der Waals surface area contributed by atoms with Crippen LogP contribution in [0.3, 0.4) is 0 Å². The molecular formula is C22H33N3O3. The summed E-state index contributed by atoms with van der Waals surface area (Å²) in [5, 5.41) is 2.92. The van der Waals surface area contributed by atoms with Gasteiger partial charge in [-0.3, -0.25) is 9.69 Å². The average molecular weight is 388 g/mol. The number of benzene rings is 1. The summed E-state index contributed by atoms with van der Waals surface area (Å²) in [6.07, 6.45) is 8.09. The van der Waals surface area contributed by atoms with Gasteiger partial charge in [-0.2, -0.15) is 0 Å². The van der Waals surface area contributed by atoms with E-state index in [2.05, 4.69) is 19.9 Å². The number of esters is 1. The summed E-state index contributed by atoms with van der Waals surface area (Å²) in [4.78, 5) is 28.7. The normalized spacial score (nSPS) is 19.8. The number of amides is 1. The summed E-state index contributed by atoms with van der Waals surface area (Å²) in [6.45, 7) is 5.75. The quantitative estimate of drug-likeness (QED) is 0.761. The van der Waals surface area contributed by atoms with Gasteiger partial charge < -0.3 is 15.0 Å². The first kappa shape index (κ1) is 20.8. The van der Waals surface area contributed by atoms with E-state index in [1.165, 1.54) is 45.8 Å². The number of nitrogens with zero attached hydrogens (tertiary/aromatic N) is 2. The Labute approximate surface area is 168 Å². The molecule has 0 spiro atoms. The van der Waals surface area contributed by atoms with Gasteiger partial charge in [-0.05, 0) is 62.5 Å². The number of anilines is 1. The predicted molar refractivity (Wildman–Crippen MR) is 110 cm³/mol. The highest BCUT2D eigenvalue weighted by Gasteiger charge is 2.21. The number of ether oxygens (including phenoxy) is 1. The fraction of sp³-hybridized carbons (Fsp3) is 0.636. The number of hydrogen-bond donors (Lipinski definition) is 1. The number of carbonyl (C=O) groups is 2. The molecule has 6 heteroatoms. The van der Waals surface area contributed by atoms with Crippen molar-refractivity contribution in [1.82, 2.24) is 9.80 Å². The zero-order valence-electron chi connectivity index (χ0n) is 17.0. The highest BCUT2D eigenvalue weighted by molar-refractivity contribution is 5.93. The van der Waals surface area contributed by atoms with Crippen LogP contribution in [0.5, 0.6) is 0 Å². The summed E-state index contributed by atoms with van der Waals surface area (Å²) < 4.78 is 4.69. The van der Waals surface area contributed by atoms with Crippen LogP contribution in [0.1, 0.15) is 48.9 Å². The van der Waals surface area contributed by atoms with Crippen LogP contribution in [0.25, 0.3) is 0 Å². The average Bonchev–Trinajstić information content (AvgIpc) is 2.93. The van der Waals surface area contributed by atoms with Gasteiger partial charge in [-0.25, -0.2) is 4.79 Å². The van der Waals surface area contributed by atoms with Crippen molar-refractivity contribution in [1.29, 1.82) is 0 Å². The Bertz CT molecular complexity index is 641. The second-order valence-electron chi connectivity index (χ2n) is 8.05. The summed E-state index contributed by atoms with van der Waals surface area (Å²) in [5.74, 6) is 0.489. The molecule has 1 aliphatic heterocycles. The number of rotatable bonds is 6. The molecule has 6 nitrogen and oxygen atoms in total. The topological polar surface area (TPSA) is 61.9 Å². The van der Waals surface area contributed by atoms with Gasteiger partial charge in [0, 0.05) is 25.3 Å². The SMILES string of the molecule is COC(=O)c1ccc(NC(=O)CN2CCCN(CC3CCCCC3)CC2)cc1. The van der Waals surface area contributed by atoms with Crippen molar-refractivity contribution < 1.29 is 14.3 Å². The minimum Gasteiger partial charge on any atom is -0.465 e. The van der Waals surface area contributed by atoms with E-state index >= 15 is 0 Å².